The number of carbonyl (C=O) groups excluding carboxylic acids is 1. The second-order valence-corrected chi connectivity index (χ2v) is 7.84. The summed E-state index contributed by atoms with van der Waals surface area (Å²) in [5.41, 5.74) is -0.820. The Kier molecular flexibility index (Phi) is 6.30. The third-order valence-corrected chi connectivity index (χ3v) is 4.31. The van der Waals surface area contributed by atoms with Gasteiger partial charge in [-0.1, -0.05) is 0 Å². The summed E-state index contributed by atoms with van der Waals surface area (Å²) in [7, 11) is 0. The lowest BCUT2D eigenvalue weighted by molar-refractivity contribution is 0.0527. The first-order valence-electron chi connectivity index (χ1n) is 9.73. The van der Waals surface area contributed by atoms with Crippen LogP contribution in [0, 0.1) is 17.1 Å². The van der Waals surface area contributed by atoms with Crippen molar-refractivity contribution in [3.05, 3.63) is 64.2 Å². The molecule has 9 heteroatoms. The van der Waals surface area contributed by atoms with Crippen molar-refractivity contribution >= 4 is 17.0 Å². The summed E-state index contributed by atoms with van der Waals surface area (Å²) >= 11 is 0. The molecule has 1 N–H and O–H groups in total. The van der Waals surface area contributed by atoms with Crippen LogP contribution in [-0.2, 0) is 11.2 Å². The molecular formula is C22H22FN5O3. The number of fused-ring (bicyclic) bond motifs is 1. The van der Waals surface area contributed by atoms with Gasteiger partial charge < -0.3 is 10.1 Å². The number of aromatic nitrogens is 3. The van der Waals surface area contributed by atoms with Crippen molar-refractivity contribution in [1.82, 2.24) is 19.9 Å². The molecule has 3 aromatic rings. The second kappa shape index (κ2) is 8.92. The molecule has 31 heavy (non-hydrogen) atoms. The van der Waals surface area contributed by atoms with Gasteiger partial charge in [0, 0.05) is 19.2 Å². The molecule has 0 bridgehead atoms. The highest BCUT2D eigenvalue weighted by atomic mass is 19.1. The summed E-state index contributed by atoms with van der Waals surface area (Å²) in [5.74, 6) is -0.386. The van der Waals surface area contributed by atoms with Crippen LogP contribution in [0.1, 0.15) is 38.6 Å². The van der Waals surface area contributed by atoms with Gasteiger partial charge in [-0.05, 0) is 51.5 Å². The van der Waals surface area contributed by atoms with Crippen LogP contribution in [-0.4, -0.2) is 32.8 Å². The lowest BCUT2D eigenvalue weighted by Gasteiger charge is -2.19. The first-order valence-corrected chi connectivity index (χ1v) is 9.73. The summed E-state index contributed by atoms with van der Waals surface area (Å²) in [5, 5.41) is 11.9. The molecule has 0 atom stereocenters. The third kappa shape index (κ3) is 5.04. The lowest BCUT2D eigenvalue weighted by atomic mass is 10.1. The Hall–Kier alpha value is -3.80. The summed E-state index contributed by atoms with van der Waals surface area (Å²) in [6, 6.07) is 7.65. The number of hydrogen-bond acceptors (Lipinski definition) is 6. The van der Waals surface area contributed by atoms with E-state index in [2.05, 4.69) is 15.3 Å². The van der Waals surface area contributed by atoms with E-state index < -0.39 is 23.1 Å². The summed E-state index contributed by atoms with van der Waals surface area (Å²) in [6.45, 7) is 5.57. The molecule has 0 unspecified atom stereocenters. The summed E-state index contributed by atoms with van der Waals surface area (Å²) in [6.07, 6.45) is 3.20. The molecule has 1 aromatic carbocycles. The minimum Gasteiger partial charge on any atom is -0.444 e. The van der Waals surface area contributed by atoms with Crippen LogP contribution in [0.4, 0.5) is 9.18 Å². The Morgan fingerprint density at radius 1 is 1.32 bits per heavy atom. The zero-order chi connectivity index (χ0) is 22.6. The summed E-state index contributed by atoms with van der Waals surface area (Å²) in [4.78, 5) is 33.5. The van der Waals surface area contributed by atoms with E-state index in [1.165, 1.54) is 16.8 Å². The molecule has 1 amide bonds. The molecular weight excluding hydrogens is 401 g/mol. The second-order valence-electron chi connectivity index (χ2n) is 7.84. The smallest absolute Gasteiger partial charge is 0.407 e. The van der Waals surface area contributed by atoms with Crippen molar-refractivity contribution in [3.8, 4) is 11.8 Å². The predicted molar refractivity (Wildman–Crippen MR) is 112 cm³/mol. The number of pyridine rings is 1. The minimum atomic E-state index is -0.683. The van der Waals surface area contributed by atoms with E-state index in [0.717, 1.165) is 6.07 Å². The molecule has 2 aromatic heterocycles. The van der Waals surface area contributed by atoms with Gasteiger partial charge in [-0.3, -0.25) is 14.3 Å². The Morgan fingerprint density at radius 3 is 2.74 bits per heavy atom. The fraction of sp³-hybridized carbons (Fsp3) is 0.318. The van der Waals surface area contributed by atoms with Crippen LogP contribution < -0.4 is 10.9 Å². The third-order valence-electron chi connectivity index (χ3n) is 4.31. The maximum Gasteiger partial charge on any atom is 0.407 e. The van der Waals surface area contributed by atoms with Gasteiger partial charge in [0.2, 0.25) is 0 Å². The molecule has 0 spiro atoms. The number of ether oxygens (including phenoxy) is 1. The van der Waals surface area contributed by atoms with Crippen LogP contribution in [0.25, 0.3) is 16.6 Å². The molecule has 2 heterocycles. The van der Waals surface area contributed by atoms with E-state index in [1.807, 2.05) is 6.07 Å². The molecule has 0 saturated heterocycles. The number of nitriles is 1. The Labute approximate surface area is 178 Å². The van der Waals surface area contributed by atoms with Gasteiger partial charge in [0.05, 0.1) is 22.8 Å². The SMILES string of the molecule is CC(C)(C)OC(=O)NCCCc1nc2c(F)ccc(C#N)c2c(=O)n1-c1cccnc1. The average molecular weight is 423 g/mol. The van der Waals surface area contributed by atoms with Gasteiger partial charge in [0.15, 0.2) is 0 Å². The van der Waals surface area contributed by atoms with E-state index in [0.29, 0.717) is 17.9 Å². The molecule has 8 nitrogen and oxygen atoms in total. The van der Waals surface area contributed by atoms with Crippen molar-refractivity contribution in [1.29, 1.82) is 5.26 Å². The van der Waals surface area contributed by atoms with Gasteiger partial charge in [-0.2, -0.15) is 5.26 Å². The number of rotatable bonds is 5. The van der Waals surface area contributed by atoms with Crippen LogP contribution in [0.3, 0.4) is 0 Å². The maximum atomic E-state index is 14.4. The van der Waals surface area contributed by atoms with Crippen molar-refractivity contribution in [2.75, 3.05) is 6.54 Å². The van der Waals surface area contributed by atoms with Gasteiger partial charge >= 0.3 is 6.09 Å². The van der Waals surface area contributed by atoms with Crippen molar-refractivity contribution in [3.63, 3.8) is 0 Å². The van der Waals surface area contributed by atoms with E-state index in [4.69, 9.17) is 4.74 Å². The normalized spacial score (nSPS) is 11.2. The number of alkyl carbamates (subject to hydrolysis) is 1. The highest BCUT2D eigenvalue weighted by Gasteiger charge is 2.19. The topological polar surface area (TPSA) is 110 Å². The number of nitrogens with zero attached hydrogens (tertiary/aromatic N) is 4. The number of amides is 1. The molecule has 0 aliphatic heterocycles. The molecule has 3 rings (SSSR count). The fourth-order valence-corrected chi connectivity index (χ4v) is 3.06. The Balaban J connectivity index is 1.97. The van der Waals surface area contributed by atoms with E-state index in [1.54, 1.807) is 39.1 Å². The number of hydrogen-bond donors (Lipinski definition) is 1. The quantitative estimate of drug-likeness (QED) is 0.631. The highest BCUT2D eigenvalue weighted by molar-refractivity contribution is 5.84. The minimum absolute atomic E-state index is 0.0460. The Morgan fingerprint density at radius 2 is 2.10 bits per heavy atom. The molecule has 0 aliphatic carbocycles. The number of halogens is 1. The zero-order valence-electron chi connectivity index (χ0n) is 17.5. The standard InChI is InChI=1S/C22H22FN5O3/c1-22(2,3)31-21(30)26-11-5-7-17-27-19-16(23)9-8-14(12-24)18(19)20(29)28(17)15-6-4-10-25-13-15/h4,6,8-10,13H,5,7,11H2,1-3H3,(H,26,30). The molecule has 0 fully saturated rings. The van der Waals surface area contributed by atoms with E-state index in [9.17, 15) is 19.2 Å². The van der Waals surface area contributed by atoms with Crippen molar-refractivity contribution < 1.29 is 13.9 Å². The molecule has 0 aliphatic rings. The van der Waals surface area contributed by atoms with Crippen molar-refractivity contribution in [2.24, 2.45) is 0 Å². The maximum absolute atomic E-state index is 14.4. The van der Waals surface area contributed by atoms with E-state index >= 15 is 0 Å². The number of carbonyl (C=O) groups is 1. The molecule has 0 saturated carbocycles. The van der Waals surface area contributed by atoms with Gasteiger partial charge in [0.25, 0.3) is 5.56 Å². The largest absolute Gasteiger partial charge is 0.444 e. The number of benzene rings is 1. The highest BCUT2D eigenvalue weighted by Crippen LogP contribution is 2.19. The monoisotopic (exact) mass is 423 g/mol. The fourth-order valence-electron chi connectivity index (χ4n) is 3.06. The Bertz CT molecular complexity index is 1210. The van der Waals surface area contributed by atoms with Gasteiger partial charge in [0.1, 0.15) is 28.8 Å². The average Bonchev–Trinajstić information content (AvgIpc) is 2.71. The first-order chi connectivity index (χ1) is 14.7. The van der Waals surface area contributed by atoms with Gasteiger partial charge in [-0.25, -0.2) is 14.2 Å². The lowest BCUT2D eigenvalue weighted by Crippen LogP contribution is -2.33. The number of aryl methyl sites for hydroxylation is 1. The predicted octanol–water partition coefficient (Wildman–Crippen LogP) is 3.25. The first kappa shape index (κ1) is 21.9. The van der Waals surface area contributed by atoms with Crippen LogP contribution in [0.2, 0.25) is 0 Å². The number of nitrogens with one attached hydrogen (secondary N) is 1. The van der Waals surface area contributed by atoms with Crippen LogP contribution in [0.5, 0.6) is 0 Å². The van der Waals surface area contributed by atoms with Crippen molar-refractivity contribution in [2.45, 2.75) is 39.2 Å². The van der Waals surface area contributed by atoms with E-state index in [-0.39, 0.29) is 29.4 Å². The zero-order valence-corrected chi connectivity index (χ0v) is 17.5. The van der Waals surface area contributed by atoms with Crippen LogP contribution in [0.15, 0.2) is 41.5 Å². The summed E-state index contributed by atoms with van der Waals surface area (Å²) < 4.78 is 21.0. The molecule has 0 radical (unpaired) electrons. The molecule has 160 valence electrons. The van der Waals surface area contributed by atoms with Crippen LogP contribution >= 0.6 is 0 Å². The van der Waals surface area contributed by atoms with Gasteiger partial charge in [-0.15, -0.1) is 0 Å².